The summed E-state index contributed by atoms with van der Waals surface area (Å²) in [5, 5.41) is 12.3. The van der Waals surface area contributed by atoms with Gasteiger partial charge in [0.25, 0.3) is 11.5 Å². The lowest BCUT2D eigenvalue weighted by Gasteiger charge is -2.23. The first-order chi connectivity index (χ1) is 15.5. The average Bonchev–Trinajstić information content (AvgIpc) is 2.81. The van der Waals surface area contributed by atoms with Crippen LogP contribution in [0.2, 0.25) is 0 Å². The van der Waals surface area contributed by atoms with Crippen LogP contribution in [-0.2, 0) is 0 Å². The molecule has 5 rings (SSSR count). The van der Waals surface area contributed by atoms with Crippen molar-refractivity contribution in [2.24, 2.45) is 0 Å². The Bertz CT molecular complexity index is 1450. The second-order valence-electron chi connectivity index (χ2n) is 8.47. The Kier molecular flexibility index (Phi) is 5.09. The number of amides is 1. The number of aryl methyl sites for hydroxylation is 1. The summed E-state index contributed by atoms with van der Waals surface area (Å²) in [5.41, 5.74) is 2.41. The topological polar surface area (TPSA) is 92.2 Å². The minimum Gasteiger partial charge on any atom is -0.349 e. The van der Waals surface area contributed by atoms with Crippen LogP contribution in [0.15, 0.2) is 59.5 Å². The Hall–Kier alpha value is -3.74. The molecule has 0 spiro atoms. The zero-order valence-corrected chi connectivity index (χ0v) is 18.0. The van der Waals surface area contributed by atoms with Gasteiger partial charge in [-0.2, -0.15) is 0 Å². The number of hydrogen-bond acceptors (Lipinski definition) is 4. The van der Waals surface area contributed by atoms with Crippen LogP contribution in [0.3, 0.4) is 0 Å². The zero-order chi connectivity index (χ0) is 22.2. The normalized spacial score (nSPS) is 14.7. The fourth-order valence-electron chi connectivity index (χ4n) is 4.49. The van der Waals surface area contributed by atoms with E-state index in [1.807, 2.05) is 43.3 Å². The number of nitrogens with zero attached hydrogens (tertiary/aromatic N) is 3. The Morgan fingerprint density at radius 3 is 2.59 bits per heavy atom. The van der Waals surface area contributed by atoms with E-state index in [9.17, 15) is 9.59 Å². The first kappa shape index (κ1) is 20.2. The van der Waals surface area contributed by atoms with Gasteiger partial charge in [-0.1, -0.05) is 43.5 Å². The van der Waals surface area contributed by atoms with Gasteiger partial charge >= 0.3 is 0 Å². The quantitative estimate of drug-likeness (QED) is 0.490. The molecule has 0 radical (unpaired) electrons. The van der Waals surface area contributed by atoms with Crippen LogP contribution in [-0.4, -0.2) is 25.9 Å². The third-order valence-corrected chi connectivity index (χ3v) is 6.16. The van der Waals surface area contributed by atoms with Gasteiger partial charge < -0.3 is 5.32 Å². The van der Waals surface area contributed by atoms with Gasteiger partial charge in [0.2, 0.25) is 0 Å². The average molecular weight is 428 g/mol. The maximum atomic E-state index is 13.4. The van der Waals surface area contributed by atoms with Crippen molar-refractivity contribution in [1.82, 2.24) is 19.3 Å². The SMILES string of the molecule is Cc1ccc2nc3c(cc(C(=O)NC4CCCCC4)c(=N)n3-c3ccccc3)c(=O)n2c1. The highest BCUT2D eigenvalue weighted by Gasteiger charge is 2.21. The molecule has 1 aliphatic carbocycles. The van der Waals surface area contributed by atoms with Crippen molar-refractivity contribution >= 4 is 22.6 Å². The number of fused-ring (bicyclic) bond motifs is 2. The molecular weight excluding hydrogens is 402 g/mol. The van der Waals surface area contributed by atoms with Crippen molar-refractivity contribution in [1.29, 1.82) is 5.41 Å². The van der Waals surface area contributed by atoms with Crippen molar-refractivity contribution < 1.29 is 4.79 Å². The minimum atomic E-state index is -0.317. The van der Waals surface area contributed by atoms with E-state index in [1.165, 1.54) is 16.9 Å². The van der Waals surface area contributed by atoms with E-state index in [0.29, 0.717) is 22.4 Å². The van der Waals surface area contributed by atoms with Crippen LogP contribution >= 0.6 is 0 Å². The molecular formula is C25H25N5O2. The molecule has 0 unspecified atom stereocenters. The van der Waals surface area contributed by atoms with Gasteiger partial charge in [0, 0.05) is 17.9 Å². The van der Waals surface area contributed by atoms with Crippen molar-refractivity contribution in [3.05, 3.63) is 81.7 Å². The van der Waals surface area contributed by atoms with E-state index in [1.54, 1.807) is 16.8 Å². The first-order valence-corrected chi connectivity index (χ1v) is 11.0. The molecule has 0 saturated heterocycles. The molecule has 162 valence electrons. The number of benzene rings is 1. The van der Waals surface area contributed by atoms with Crippen LogP contribution in [0.25, 0.3) is 22.4 Å². The summed E-state index contributed by atoms with van der Waals surface area (Å²) in [7, 11) is 0. The van der Waals surface area contributed by atoms with E-state index in [-0.39, 0.29) is 28.6 Å². The molecule has 0 atom stereocenters. The summed E-state index contributed by atoms with van der Waals surface area (Å²) in [4.78, 5) is 31.3. The molecule has 3 heterocycles. The van der Waals surface area contributed by atoms with Crippen LogP contribution in [0.1, 0.15) is 48.0 Å². The Morgan fingerprint density at radius 1 is 1.09 bits per heavy atom. The summed E-state index contributed by atoms with van der Waals surface area (Å²) in [6.07, 6.45) is 7.01. The summed E-state index contributed by atoms with van der Waals surface area (Å²) in [6, 6.07) is 14.6. The van der Waals surface area contributed by atoms with Crippen molar-refractivity contribution in [3.63, 3.8) is 0 Å². The maximum absolute atomic E-state index is 13.4. The van der Waals surface area contributed by atoms with Gasteiger partial charge in [-0.25, -0.2) is 4.98 Å². The third kappa shape index (κ3) is 3.49. The minimum absolute atomic E-state index is 0.0142. The summed E-state index contributed by atoms with van der Waals surface area (Å²) < 4.78 is 3.09. The number of carbonyl (C=O) groups is 1. The summed E-state index contributed by atoms with van der Waals surface area (Å²) in [5.74, 6) is -0.317. The third-order valence-electron chi connectivity index (χ3n) is 6.16. The second-order valence-corrected chi connectivity index (χ2v) is 8.47. The van der Waals surface area contributed by atoms with Crippen LogP contribution in [0.4, 0.5) is 0 Å². The Labute approximate surface area is 184 Å². The number of pyridine rings is 2. The van der Waals surface area contributed by atoms with Gasteiger partial charge in [0.15, 0.2) is 5.65 Å². The number of nitrogens with one attached hydrogen (secondary N) is 2. The van der Waals surface area contributed by atoms with Gasteiger partial charge in [0.1, 0.15) is 11.1 Å². The van der Waals surface area contributed by atoms with Crippen LogP contribution < -0.4 is 16.4 Å². The largest absolute Gasteiger partial charge is 0.349 e. The molecule has 1 aromatic carbocycles. The molecule has 1 amide bonds. The smallest absolute Gasteiger partial charge is 0.267 e. The highest BCUT2D eigenvalue weighted by Crippen LogP contribution is 2.19. The van der Waals surface area contributed by atoms with Gasteiger partial charge in [-0.05, 0) is 49.6 Å². The molecule has 1 aliphatic rings. The van der Waals surface area contributed by atoms with E-state index < -0.39 is 0 Å². The lowest BCUT2D eigenvalue weighted by Crippen LogP contribution is -2.40. The van der Waals surface area contributed by atoms with Crippen molar-refractivity contribution in [2.75, 3.05) is 0 Å². The molecule has 0 bridgehead atoms. The van der Waals surface area contributed by atoms with Gasteiger partial charge in [0.05, 0.1) is 10.9 Å². The van der Waals surface area contributed by atoms with Crippen molar-refractivity contribution in [2.45, 2.75) is 45.1 Å². The van der Waals surface area contributed by atoms with E-state index in [0.717, 1.165) is 31.2 Å². The maximum Gasteiger partial charge on any atom is 0.267 e. The molecule has 1 saturated carbocycles. The van der Waals surface area contributed by atoms with E-state index in [4.69, 9.17) is 10.4 Å². The number of para-hydroxylation sites is 1. The number of carbonyl (C=O) groups excluding carboxylic acids is 1. The molecule has 0 aliphatic heterocycles. The number of aromatic nitrogens is 3. The van der Waals surface area contributed by atoms with Crippen LogP contribution in [0, 0.1) is 12.3 Å². The standard InChI is InChI=1S/C25H25N5O2/c1-16-12-13-21-28-23-20(25(32)29(21)15-16)14-19(24(31)27-17-8-4-2-5-9-17)22(26)30(23)18-10-6-3-7-11-18/h3,6-7,10-15,17,26H,2,4-5,8-9H2,1H3,(H,27,31). The molecule has 32 heavy (non-hydrogen) atoms. The van der Waals surface area contributed by atoms with E-state index in [2.05, 4.69) is 5.32 Å². The highest BCUT2D eigenvalue weighted by molar-refractivity contribution is 5.97. The zero-order valence-electron chi connectivity index (χ0n) is 18.0. The molecule has 1 fully saturated rings. The van der Waals surface area contributed by atoms with Gasteiger partial charge in [-0.3, -0.25) is 24.0 Å². The highest BCUT2D eigenvalue weighted by atomic mass is 16.2. The molecule has 2 N–H and O–H groups in total. The molecule has 4 aromatic rings. The lowest BCUT2D eigenvalue weighted by atomic mass is 9.95. The summed E-state index contributed by atoms with van der Waals surface area (Å²) in [6.45, 7) is 1.91. The Balaban J connectivity index is 1.78. The van der Waals surface area contributed by atoms with E-state index >= 15 is 0 Å². The molecule has 3 aromatic heterocycles. The molecule has 7 heteroatoms. The molecule has 7 nitrogen and oxygen atoms in total. The number of hydrogen-bond donors (Lipinski definition) is 2. The first-order valence-electron chi connectivity index (χ1n) is 11.0. The summed E-state index contributed by atoms with van der Waals surface area (Å²) >= 11 is 0. The van der Waals surface area contributed by atoms with Gasteiger partial charge in [-0.15, -0.1) is 0 Å². The predicted octanol–water partition coefficient (Wildman–Crippen LogP) is 3.49. The monoisotopic (exact) mass is 427 g/mol. The lowest BCUT2D eigenvalue weighted by molar-refractivity contribution is 0.0925. The second kappa shape index (κ2) is 8.07. The Morgan fingerprint density at radius 2 is 1.84 bits per heavy atom. The number of rotatable bonds is 3. The van der Waals surface area contributed by atoms with Crippen LogP contribution in [0.5, 0.6) is 0 Å². The predicted molar refractivity (Wildman–Crippen MR) is 123 cm³/mol. The fourth-order valence-corrected chi connectivity index (χ4v) is 4.49. The fraction of sp³-hybridized carbons (Fsp3) is 0.280. The van der Waals surface area contributed by atoms with Crippen molar-refractivity contribution in [3.8, 4) is 5.69 Å².